The molecule has 4 aromatic rings. The van der Waals surface area contributed by atoms with Crippen LogP contribution in [0.1, 0.15) is 66.6 Å². The number of aliphatic hydroxyl groups excluding tert-OH is 2. The Morgan fingerprint density at radius 3 is 2.33 bits per heavy atom. The highest BCUT2D eigenvalue weighted by Crippen LogP contribution is 2.39. The van der Waals surface area contributed by atoms with Crippen molar-refractivity contribution in [3.05, 3.63) is 125 Å². The molecule has 10 heteroatoms. The summed E-state index contributed by atoms with van der Waals surface area (Å²) in [5, 5.41) is 33.0. The molecule has 0 radical (unpaired) electrons. The molecule has 4 aromatic carbocycles. The van der Waals surface area contributed by atoms with Crippen LogP contribution in [0.3, 0.4) is 0 Å². The molecular weight excluding hydrogens is 624 g/mol. The summed E-state index contributed by atoms with van der Waals surface area (Å²) in [7, 11) is 1.93. The number of hydrogen-bond donors (Lipinski definition) is 4. The van der Waals surface area contributed by atoms with Gasteiger partial charge in [-0.2, -0.15) is 0 Å². The number of phenolic OH excluding ortho intramolecular Hbond substituents is 1. The fourth-order valence-electron chi connectivity index (χ4n) is 5.92. The molecule has 1 saturated heterocycles. The Balaban J connectivity index is 1.28. The van der Waals surface area contributed by atoms with Crippen molar-refractivity contribution in [1.82, 2.24) is 10.2 Å². The van der Waals surface area contributed by atoms with Crippen molar-refractivity contribution in [2.45, 2.75) is 64.1 Å². The molecule has 5 rings (SSSR count). The number of aliphatic hydroxyl groups is 2. The number of benzene rings is 4. The predicted octanol–water partition coefficient (Wildman–Crippen LogP) is 5.33. The second kappa shape index (κ2) is 16.7. The van der Waals surface area contributed by atoms with Crippen molar-refractivity contribution >= 4 is 11.9 Å². The monoisotopic (exact) mass is 668 g/mol. The van der Waals surface area contributed by atoms with E-state index in [0.717, 1.165) is 33.4 Å². The molecule has 5 unspecified atom stereocenters. The molecule has 1 fully saturated rings. The van der Waals surface area contributed by atoms with Crippen LogP contribution >= 0.6 is 0 Å². The smallest absolute Gasteiger partial charge is 0.303 e. The highest BCUT2D eigenvalue weighted by atomic mass is 16.7. The Hall–Kier alpha value is -4.58. The first kappa shape index (κ1) is 35.7. The maximum absolute atomic E-state index is 12.3. The van der Waals surface area contributed by atoms with Gasteiger partial charge in [-0.25, -0.2) is 0 Å². The van der Waals surface area contributed by atoms with E-state index in [2.05, 4.69) is 5.32 Å². The van der Waals surface area contributed by atoms with E-state index in [-0.39, 0.29) is 30.5 Å². The zero-order valence-electron chi connectivity index (χ0n) is 28.0. The fraction of sp³-hybridized carbons (Fsp3) is 0.333. The lowest BCUT2D eigenvalue weighted by atomic mass is 9.99. The molecule has 0 aliphatic carbocycles. The normalized spacial score (nSPS) is 18.9. The van der Waals surface area contributed by atoms with Gasteiger partial charge in [-0.1, -0.05) is 78.9 Å². The summed E-state index contributed by atoms with van der Waals surface area (Å²) in [6.45, 7) is 3.96. The average molecular weight is 669 g/mol. The van der Waals surface area contributed by atoms with Gasteiger partial charge in [-0.3, -0.25) is 9.59 Å². The molecule has 4 N–H and O–H groups in total. The molecule has 0 spiro atoms. The highest BCUT2D eigenvalue weighted by molar-refractivity contribution is 5.82. The minimum absolute atomic E-state index is 0.0361. The van der Waals surface area contributed by atoms with Gasteiger partial charge in [0.1, 0.15) is 5.75 Å². The van der Waals surface area contributed by atoms with Gasteiger partial charge in [0.05, 0.1) is 24.9 Å². The number of carbonyl (C=O) groups excluding carboxylic acids is 2. The Kier molecular flexibility index (Phi) is 12.2. The second-order valence-corrected chi connectivity index (χ2v) is 12.5. The van der Waals surface area contributed by atoms with Gasteiger partial charge in [-0.05, 0) is 65.6 Å². The number of phenols is 1. The molecule has 1 aliphatic rings. The van der Waals surface area contributed by atoms with E-state index in [1.807, 2.05) is 84.7 Å². The molecule has 10 nitrogen and oxygen atoms in total. The minimum Gasteiger partial charge on any atom is -0.508 e. The molecule has 0 bridgehead atoms. The van der Waals surface area contributed by atoms with Gasteiger partial charge >= 0.3 is 5.97 Å². The number of aromatic hydroxyl groups is 1. The van der Waals surface area contributed by atoms with Crippen LogP contribution in [0.25, 0.3) is 11.1 Å². The minimum atomic E-state index is -0.867. The lowest BCUT2D eigenvalue weighted by molar-refractivity contribution is -0.252. The van der Waals surface area contributed by atoms with Crippen LogP contribution in [0.5, 0.6) is 5.75 Å². The fourth-order valence-corrected chi connectivity index (χ4v) is 5.92. The van der Waals surface area contributed by atoms with Gasteiger partial charge < -0.3 is 39.7 Å². The van der Waals surface area contributed by atoms with Gasteiger partial charge in [0.2, 0.25) is 0 Å². The number of likely N-dealkylation sites (N-methyl/N-ethyl adjacent to an activating group) is 1. The molecule has 49 heavy (non-hydrogen) atoms. The van der Waals surface area contributed by atoms with Crippen LogP contribution in [0.4, 0.5) is 0 Å². The SMILES string of the molecule is CC(=O)OC(C)C(=O)NCc1cccc(-c2ccc(C3OC(CN(C)CC(O)c4cccc(O)c4)CC(c4ccc(CO)cc4)O3)cc2)c1. The van der Waals surface area contributed by atoms with E-state index < -0.39 is 24.5 Å². The van der Waals surface area contributed by atoms with E-state index >= 15 is 0 Å². The number of nitrogens with zero attached hydrogens (tertiary/aromatic N) is 1. The molecule has 1 amide bonds. The lowest BCUT2D eigenvalue weighted by Crippen LogP contribution is -2.39. The van der Waals surface area contributed by atoms with E-state index in [0.29, 0.717) is 31.6 Å². The summed E-state index contributed by atoms with van der Waals surface area (Å²) in [6, 6.07) is 30.2. The van der Waals surface area contributed by atoms with Crippen molar-refractivity contribution in [3.8, 4) is 16.9 Å². The number of nitrogens with one attached hydrogen (secondary N) is 1. The van der Waals surface area contributed by atoms with Crippen molar-refractivity contribution < 1.29 is 39.1 Å². The zero-order valence-corrected chi connectivity index (χ0v) is 28.0. The van der Waals surface area contributed by atoms with E-state index in [4.69, 9.17) is 14.2 Å². The number of esters is 1. The second-order valence-electron chi connectivity index (χ2n) is 12.5. The van der Waals surface area contributed by atoms with Crippen LogP contribution in [0.15, 0.2) is 97.1 Å². The Bertz CT molecular complexity index is 1690. The van der Waals surface area contributed by atoms with Crippen LogP contribution < -0.4 is 5.32 Å². The summed E-state index contributed by atoms with van der Waals surface area (Å²) in [5.41, 5.74) is 6.17. The van der Waals surface area contributed by atoms with Crippen molar-refractivity contribution in [2.24, 2.45) is 0 Å². The number of hydrogen-bond acceptors (Lipinski definition) is 9. The molecule has 1 aliphatic heterocycles. The van der Waals surface area contributed by atoms with Crippen LogP contribution in [-0.2, 0) is 37.0 Å². The quantitative estimate of drug-likeness (QED) is 0.139. The summed E-state index contributed by atoms with van der Waals surface area (Å²) in [6.07, 6.45) is -2.15. The number of amides is 1. The van der Waals surface area contributed by atoms with Gasteiger partial charge in [-0.15, -0.1) is 0 Å². The van der Waals surface area contributed by atoms with E-state index in [1.165, 1.54) is 13.8 Å². The van der Waals surface area contributed by atoms with Crippen LogP contribution in [-0.4, -0.2) is 64.4 Å². The predicted molar refractivity (Wildman–Crippen MR) is 184 cm³/mol. The van der Waals surface area contributed by atoms with Crippen molar-refractivity contribution in [1.29, 1.82) is 0 Å². The van der Waals surface area contributed by atoms with Crippen LogP contribution in [0, 0.1) is 0 Å². The number of carbonyl (C=O) groups is 2. The maximum atomic E-state index is 12.3. The third kappa shape index (κ3) is 9.97. The molecule has 0 saturated carbocycles. The topological polar surface area (TPSA) is 138 Å². The molecule has 258 valence electrons. The summed E-state index contributed by atoms with van der Waals surface area (Å²) in [5.74, 6) is -0.759. The molecule has 5 atom stereocenters. The first-order valence-corrected chi connectivity index (χ1v) is 16.4. The summed E-state index contributed by atoms with van der Waals surface area (Å²) in [4.78, 5) is 25.5. The maximum Gasteiger partial charge on any atom is 0.303 e. The highest BCUT2D eigenvalue weighted by Gasteiger charge is 2.33. The average Bonchev–Trinajstić information content (AvgIpc) is 3.10. The largest absolute Gasteiger partial charge is 0.508 e. The standard InChI is InChI=1S/C39H44N2O8/c1-25(47-26(2)43)38(46)40-21-28-6-4-7-32(18-28)29-14-16-31(17-15-29)39-48-35(20-37(49-39)30-12-10-27(24-42)11-13-30)22-41(3)23-36(45)33-8-5-9-34(44)19-33/h4-19,25,35-37,39,42,44-45H,20-24H2,1-3H3,(H,40,46). The Morgan fingerprint density at radius 1 is 0.918 bits per heavy atom. The number of ether oxygens (including phenoxy) is 3. The first-order chi connectivity index (χ1) is 23.6. The van der Waals surface area contributed by atoms with Gasteiger partial charge in [0, 0.05) is 38.5 Å². The van der Waals surface area contributed by atoms with E-state index in [9.17, 15) is 24.9 Å². The lowest BCUT2D eigenvalue weighted by Gasteiger charge is -2.38. The van der Waals surface area contributed by atoms with E-state index in [1.54, 1.807) is 24.3 Å². The molecule has 1 heterocycles. The zero-order chi connectivity index (χ0) is 34.9. The third-order valence-corrected chi connectivity index (χ3v) is 8.49. The Morgan fingerprint density at radius 2 is 1.63 bits per heavy atom. The third-order valence-electron chi connectivity index (χ3n) is 8.49. The molecule has 0 aromatic heterocycles. The summed E-state index contributed by atoms with van der Waals surface area (Å²) >= 11 is 0. The van der Waals surface area contributed by atoms with Crippen molar-refractivity contribution in [2.75, 3.05) is 20.1 Å². The molecular formula is C39H44N2O8. The summed E-state index contributed by atoms with van der Waals surface area (Å²) < 4.78 is 18.0. The first-order valence-electron chi connectivity index (χ1n) is 16.4. The Labute approximate surface area is 286 Å². The van der Waals surface area contributed by atoms with Gasteiger partial charge in [0.25, 0.3) is 5.91 Å². The van der Waals surface area contributed by atoms with Gasteiger partial charge in [0.15, 0.2) is 12.4 Å². The van der Waals surface area contributed by atoms with Crippen LogP contribution in [0.2, 0.25) is 0 Å². The number of rotatable bonds is 13. The van der Waals surface area contributed by atoms with Crippen molar-refractivity contribution in [3.63, 3.8) is 0 Å².